The van der Waals surface area contributed by atoms with E-state index >= 15 is 0 Å². The summed E-state index contributed by atoms with van der Waals surface area (Å²) < 4.78 is 5.57. The molecule has 5 nitrogen and oxygen atoms in total. The molecule has 28 heavy (non-hydrogen) atoms. The van der Waals surface area contributed by atoms with Gasteiger partial charge in [0.15, 0.2) is 6.10 Å². The summed E-state index contributed by atoms with van der Waals surface area (Å²) in [7, 11) is 0. The number of pyridine rings is 1. The van der Waals surface area contributed by atoms with E-state index in [4.69, 9.17) is 9.72 Å². The van der Waals surface area contributed by atoms with Crippen LogP contribution in [0.4, 0.5) is 5.69 Å². The third kappa shape index (κ3) is 3.60. The van der Waals surface area contributed by atoms with Crippen LogP contribution >= 0.6 is 0 Å². The van der Waals surface area contributed by atoms with E-state index < -0.39 is 12.1 Å². The average Bonchev–Trinajstić information content (AvgIpc) is 2.72. The van der Waals surface area contributed by atoms with E-state index in [1.807, 2.05) is 42.5 Å². The Morgan fingerprint density at radius 1 is 1.00 bits per heavy atom. The first kappa shape index (κ1) is 18.2. The average molecular weight is 374 g/mol. The number of anilines is 1. The van der Waals surface area contributed by atoms with E-state index in [1.165, 1.54) is 0 Å². The highest BCUT2D eigenvalue weighted by Crippen LogP contribution is 2.30. The molecule has 0 spiro atoms. The summed E-state index contributed by atoms with van der Waals surface area (Å²) in [5, 5.41) is 3.55. The number of nitrogens with one attached hydrogen (secondary N) is 1. The van der Waals surface area contributed by atoms with Crippen molar-refractivity contribution in [3.63, 3.8) is 0 Å². The minimum absolute atomic E-state index is 0.355. The molecule has 0 bridgehead atoms. The highest BCUT2D eigenvalue weighted by Gasteiger charge is 2.26. The minimum Gasteiger partial charge on any atom is -0.449 e. The van der Waals surface area contributed by atoms with Gasteiger partial charge in [-0.3, -0.25) is 9.78 Å². The van der Waals surface area contributed by atoms with Gasteiger partial charge in [-0.05, 0) is 56.4 Å². The number of rotatable bonds is 4. The van der Waals surface area contributed by atoms with Gasteiger partial charge in [0, 0.05) is 16.8 Å². The third-order valence-electron chi connectivity index (χ3n) is 5.07. The minimum atomic E-state index is -0.904. The zero-order valence-electron chi connectivity index (χ0n) is 15.8. The van der Waals surface area contributed by atoms with E-state index in [9.17, 15) is 9.59 Å². The molecule has 2 aromatic carbocycles. The second-order valence-corrected chi connectivity index (χ2v) is 7.04. The van der Waals surface area contributed by atoms with Crippen LogP contribution in [0.5, 0.6) is 0 Å². The Bertz CT molecular complexity index is 1030. The number of ether oxygens (including phenoxy) is 1. The molecule has 0 radical (unpaired) electrons. The number of hydrogen-bond acceptors (Lipinski definition) is 4. The quantitative estimate of drug-likeness (QED) is 0.692. The van der Waals surface area contributed by atoms with Crippen LogP contribution in [0.2, 0.25) is 0 Å². The SMILES string of the molecule is C[C@@H](OC(=O)c1c2c(nc3ccccc13)CCCC2)C(=O)Nc1ccccc1. The summed E-state index contributed by atoms with van der Waals surface area (Å²) in [5.41, 5.74) is 3.95. The molecule has 1 aromatic heterocycles. The molecule has 0 aliphatic heterocycles. The Morgan fingerprint density at radius 3 is 2.54 bits per heavy atom. The van der Waals surface area contributed by atoms with Crippen LogP contribution in [0.3, 0.4) is 0 Å². The maximum atomic E-state index is 13.1. The number of amides is 1. The van der Waals surface area contributed by atoms with E-state index in [2.05, 4.69) is 5.32 Å². The lowest BCUT2D eigenvalue weighted by Gasteiger charge is -2.21. The summed E-state index contributed by atoms with van der Waals surface area (Å²) in [6, 6.07) is 16.7. The first-order valence-corrected chi connectivity index (χ1v) is 9.61. The second kappa shape index (κ2) is 7.80. The first-order chi connectivity index (χ1) is 13.6. The van der Waals surface area contributed by atoms with Gasteiger partial charge in [-0.2, -0.15) is 0 Å². The van der Waals surface area contributed by atoms with Crippen LogP contribution in [0, 0.1) is 0 Å². The van der Waals surface area contributed by atoms with Crippen LogP contribution in [-0.4, -0.2) is 23.0 Å². The van der Waals surface area contributed by atoms with Crippen molar-refractivity contribution in [2.24, 2.45) is 0 Å². The topological polar surface area (TPSA) is 68.3 Å². The molecule has 0 fully saturated rings. The van der Waals surface area contributed by atoms with Crippen molar-refractivity contribution >= 4 is 28.5 Å². The second-order valence-electron chi connectivity index (χ2n) is 7.04. The summed E-state index contributed by atoms with van der Waals surface area (Å²) in [5.74, 6) is -0.820. The number of para-hydroxylation sites is 2. The van der Waals surface area contributed by atoms with Crippen molar-refractivity contribution in [2.45, 2.75) is 38.7 Å². The highest BCUT2D eigenvalue weighted by atomic mass is 16.5. The number of carbonyl (C=O) groups is 2. The predicted octanol–water partition coefficient (Wildman–Crippen LogP) is 4.30. The smallest absolute Gasteiger partial charge is 0.339 e. The molecule has 1 atom stereocenters. The Hall–Kier alpha value is -3.21. The molecule has 142 valence electrons. The Kier molecular flexibility index (Phi) is 5.06. The van der Waals surface area contributed by atoms with Gasteiger partial charge in [0.25, 0.3) is 5.91 Å². The fourth-order valence-electron chi connectivity index (χ4n) is 3.64. The summed E-state index contributed by atoms with van der Waals surface area (Å²) in [6.45, 7) is 1.59. The number of esters is 1. The number of fused-ring (bicyclic) bond motifs is 2. The molecule has 5 heteroatoms. The zero-order chi connectivity index (χ0) is 19.5. The van der Waals surface area contributed by atoms with Crippen molar-refractivity contribution in [2.75, 3.05) is 5.32 Å². The normalized spacial score (nSPS) is 14.2. The zero-order valence-corrected chi connectivity index (χ0v) is 15.8. The van der Waals surface area contributed by atoms with Gasteiger partial charge in [-0.25, -0.2) is 4.79 Å². The van der Waals surface area contributed by atoms with Crippen molar-refractivity contribution < 1.29 is 14.3 Å². The molecule has 0 saturated heterocycles. The van der Waals surface area contributed by atoms with Crippen LogP contribution in [0.15, 0.2) is 54.6 Å². The standard InChI is InChI=1S/C23H22N2O3/c1-15(22(26)24-16-9-3-2-4-10-16)28-23(27)21-17-11-5-7-13-19(17)25-20-14-8-6-12-18(20)21/h2-5,7,9-11,13,15H,6,8,12,14H2,1H3,(H,24,26)/t15-/m1/s1. The van der Waals surface area contributed by atoms with Gasteiger partial charge in [-0.1, -0.05) is 36.4 Å². The highest BCUT2D eigenvalue weighted by molar-refractivity contribution is 6.06. The summed E-state index contributed by atoms with van der Waals surface area (Å²) in [4.78, 5) is 30.2. The van der Waals surface area contributed by atoms with Gasteiger partial charge in [0.2, 0.25) is 0 Å². The monoisotopic (exact) mass is 374 g/mol. The van der Waals surface area contributed by atoms with Crippen molar-refractivity contribution in [3.05, 3.63) is 71.4 Å². The van der Waals surface area contributed by atoms with Gasteiger partial charge >= 0.3 is 5.97 Å². The molecule has 1 N–H and O–H groups in total. The molecule has 1 heterocycles. The molecular weight excluding hydrogens is 352 g/mol. The molecule has 0 unspecified atom stereocenters. The number of aromatic nitrogens is 1. The van der Waals surface area contributed by atoms with Crippen LogP contribution < -0.4 is 5.32 Å². The fourth-order valence-corrected chi connectivity index (χ4v) is 3.64. The van der Waals surface area contributed by atoms with Gasteiger partial charge < -0.3 is 10.1 Å². The number of hydrogen-bond donors (Lipinski definition) is 1. The molecule has 1 aliphatic rings. The molecule has 1 amide bonds. The Balaban J connectivity index is 1.61. The number of benzene rings is 2. The van der Waals surface area contributed by atoms with Crippen molar-refractivity contribution in [1.29, 1.82) is 0 Å². The third-order valence-corrected chi connectivity index (χ3v) is 5.07. The fraction of sp³-hybridized carbons (Fsp3) is 0.261. The number of nitrogens with zero attached hydrogens (tertiary/aromatic N) is 1. The molecule has 1 aliphatic carbocycles. The van der Waals surface area contributed by atoms with E-state index in [-0.39, 0.29) is 5.91 Å². The number of carbonyl (C=O) groups excluding carboxylic acids is 2. The van der Waals surface area contributed by atoms with Gasteiger partial charge in [-0.15, -0.1) is 0 Å². The van der Waals surface area contributed by atoms with Gasteiger partial charge in [0.05, 0.1) is 11.1 Å². The van der Waals surface area contributed by atoms with Crippen LogP contribution in [-0.2, 0) is 22.4 Å². The first-order valence-electron chi connectivity index (χ1n) is 9.61. The lowest BCUT2D eigenvalue weighted by atomic mass is 9.90. The van der Waals surface area contributed by atoms with E-state index in [0.717, 1.165) is 47.8 Å². The van der Waals surface area contributed by atoms with E-state index in [0.29, 0.717) is 11.3 Å². The summed E-state index contributed by atoms with van der Waals surface area (Å²) >= 11 is 0. The molecule has 3 aromatic rings. The molecule has 4 rings (SSSR count). The largest absolute Gasteiger partial charge is 0.449 e. The molecule has 0 saturated carbocycles. The lowest BCUT2D eigenvalue weighted by Crippen LogP contribution is -2.30. The maximum absolute atomic E-state index is 13.1. The maximum Gasteiger partial charge on any atom is 0.339 e. The van der Waals surface area contributed by atoms with Crippen LogP contribution in [0.1, 0.15) is 41.4 Å². The van der Waals surface area contributed by atoms with Crippen LogP contribution in [0.25, 0.3) is 10.9 Å². The predicted molar refractivity (Wildman–Crippen MR) is 108 cm³/mol. The summed E-state index contributed by atoms with van der Waals surface area (Å²) in [6.07, 6.45) is 2.87. The van der Waals surface area contributed by atoms with Crippen molar-refractivity contribution in [3.8, 4) is 0 Å². The molecular formula is C23H22N2O3. The van der Waals surface area contributed by atoms with Crippen molar-refractivity contribution in [1.82, 2.24) is 4.98 Å². The van der Waals surface area contributed by atoms with Gasteiger partial charge in [0.1, 0.15) is 0 Å². The lowest BCUT2D eigenvalue weighted by molar-refractivity contribution is -0.123. The Morgan fingerprint density at radius 2 is 1.71 bits per heavy atom. The Labute approximate surface area is 163 Å². The van der Waals surface area contributed by atoms with E-state index in [1.54, 1.807) is 19.1 Å². The number of aryl methyl sites for hydroxylation is 1.